The van der Waals surface area contributed by atoms with Gasteiger partial charge < -0.3 is 0 Å². The minimum Gasteiger partial charge on any atom is -0.285 e. The molecule has 50 valence electrons. The standard InChI is InChI=1S/C5H14N2O/c1-6(2)5-8-7(3)4/h5H2,1-4H3. The second kappa shape index (κ2) is 3.83. The van der Waals surface area contributed by atoms with E-state index in [0.29, 0.717) is 6.73 Å². The molecule has 0 N–H and O–H groups in total. The van der Waals surface area contributed by atoms with Gasteiger partial charge in [0.15, 0.2) is 0 Å². The average Bonchev–Trinajstić information content (AvgIpc) is 1.61. The van der Waals surface area contributed by atoms with Gasteiger partial charge in [-0.1, -0.05) is 0 Å². The van der Waals surface area contributed by atoms with Crippen molar-refractivity contribution in [3.63, 3.8) is 0 Å². The maximum Gasteiger partial charge on any atom is 0.121 e. The molecule has 0 aromatic carbocycles. The summed E-state index contributed by atoms with van der Waals surface area (Å²) in [5.41, 5.74) is 0. The normalized spacial score (nSPS) is 11.2. The molecule has 0 fully saturated rings. The van der Waals surface area contributed by atoms with Gasteiger partial charge in [-0.15, -0.1) is 0 Å². The Labute approximate surface area is 50.8 Å². The lowest BCUT2D eigenvalue weighted by Gasteiger charge is -2.14. The lowest BCUT2D eigenvalue weighted by molar-refractivity contribution is -0.150. The molecule has 0 saturated heterocycles. The molecule has 8 heavy (non-hydrogen) atoms. The molecule has 0 aliphatic rings. The predicted octanol–water partition coefficient (Wildman–Crippen LogP) is -0.00130. The molecule has 0 aliphatic heterocycles. The zero-order valence-electron chi connectivity index (χ0n) is 6.01. The second-order valence-electron chi connectivity index (χ2n) is 2.15. The zero-order valence-corrected chi connectivity index (χ0v) is 6.01. The zero-order chi connectivity index (χ0) is 6.57. The minimum atomic E-state index is 0.646. The third-order valence-electron chi connectivity index (χ3n) is 0.574. The van der Waals surface area contributed by atoms with Crippen LogP contribution in [0.25, 0.3) is 0 Å². The Bertz CT molecular complexity index is 46.4. The summed E-state index contributed by atoms with van der Waals surface area (Å²) in [4.78, 5) is 7.02. The van der Waals surface area contributed by atoms with Gasteiger partial charge in [-0.2, -0.15) is 5.06 Å². The second-order valence-corrected chi connectivity index (χ2v) is 2.15. The molecular weight excluding hydrogens is 104 g/mol. The van der Waals surface area contributed by atoms with Crippen LogP contribution in [0.5, 0.6) is 0 Å². The van der Waals surface area contributed by atoms with Crippen molar-refractivity contribution in [3.8, 4) is 0 Å². The highest BCUT2D eigenvalue weighted by atomic mass is 16.7. The van der Waals surface area contributed by atoms with E-state index in [1.165, 1.54) is 0 Å². The molecule has 3 nitrogen and oxygen atoms in total. The largest absolute Gasteiger partial charge is 0.285 e. The van der Waals surface area contributed by atoms with Crippen LogP contribution in [0.15, 0.2) is 0 Å². The average molecular weight is 118 g/mol. The van der Waals surface area contributed by atoms with Gasteiger partial charge in [0.25, 0.3) is 0 Å². The quantitative estimate of drug-likeness (QED) is 0.383. The van der Waals surface area contributed by atoms with Crippen LogP contribution in [0.3, 0.4) is 0 Å². The Hall–Kier alpha value is -0.120. The van der Waals surface area contributed by atoms with Gasteiger partial charge in [0, 0.05) is 14.1 Å². The van der Waals surface area contributed by atoms with E-state index < -0.39 is 0 Å². The Morgan fingerprint density at radius 1 is 1.12 bits per heavy atom. The van der Waals surface area contributed by atoms with E-state index >= 15 is 0 Å². The van der Waals surface area contributed by atoms with E-state index in [0.717, 1.165) is 0 Å². The fourth-order valence-corrected chi connectivity index (χ4v) is 0.231. The van der Waals surface area contributed by atoms with Crippen LogP contribution in [-0.2, 0) is 4.84 Å². The highest BCUT2D eigenvalue weighted by Gasteiger charge is 1.88. The minimum absolute atomic E-state index is 0.646. The Kier molecular flexibility index (Phi) is 3.77. The van der Waals surface area contributed by atoms with Crippen LogP contribution < -0.4 is 0 Å². The van der Waals surface area contributed by atoms with Gasteiger partial charge in [0.2, 0.25) is 0 Å². The van der Waals surface area contributed by atoms with E-state index in [1.807, 2.05) is 33.1 Å². The first-order valence-corrected chi connectivity index (χ1v) is 2.58. The van der Waals surface area contributed by atoms with E-state index in [1.54, 1.807) is 5.06 Å². The number of hydrogen-bond acceptors (Lipinski definition) is 3. The molecule has 0 heterocycles. The van der Waals surface area contributed by atoms with Crippen molar-refractivity contribution in [3.05, 3.63) is 0 Å². The molecule has 3 heteroatoms. The highest BCUT2D eigenvalue weighted by Crippen LogP contribution is 1.79. The molecule has 0 aromatic rings. The van der Waals surface area contributed by atoms with Crippen LogP contribution in [0.1, 0.15) is 0 Å². The van der Waals surface area contributed by atoms with Gasteiger partial charge in [-0.25, -0.2) is 0 Å². The number of hydrogen-bond donors (Lipinski definition) is 0. The van der Waals surface area contributed by atoms with Crippen LogP contribution in [0.2, 0.25) is 0 Å². The first-order valence-electron chi connectivity index (χ1n) is 2.58. The molecule has 0 aliphatic carbocycles. The van der Waals surface area contributed by atoms with Crippen LogP contribution in [0, 0.1) is 0 Å². The summed E-state index contributed by atoms with van der Waals surface area (Å²) < 4.78 is 0. The van der Waals surface area contributed by atoms with Crippen molar-refractivity contribution in [1.29, 1.82) is 0 Å². The summed E-state index contributed by atoms with van der Waals surface area (Å²) in [7, 11) is 7.65. The third-order valence-corrected chi connectivity index (χ3v) is 0.574. The van der Waals surface area contributed by atoms with E-state index in [2.05, 4.69) is 0 Å². The van der Waals surface area contributed by atoms with Crippen molar-refractivity contribution in [2.45, 2.75) is 0 Å². The van der Waals surface area contributed by atoms with Crippen molar-refractivity contribution >= 4 is 0 Å². The van der Waals surface area contributed by atoms with Gasteiger partial charge in [0.05, 0.1) is 0 Å². The fourth-order valence-electron chi connectivity index (χ4n) is 0.231. The lowest BCUT2D eigenvalue weighted by atomic mass is 10.9. The SMILES string of the molecule is CN(C)CON(C)C. The Morgan fingerprint density at radius 3 is 1.75 bits per heavy atom. The number of rotatable bonds is 3. The molecule has 0 radical (unpaired) electrons. The smallest absolute Gasteiger partial charge is 0.121 e. The van der Waals surface area contributed by atoms with Crippen LogP contribution in [-0.4, -0.2) is 44.9 Å². The molecule has 0 aromatic heterocycles. The summed E-state index contributed by atoms with van der Waals surface area (Å²) in [6.07, 6.45) is 0. The third kappa shape index (κ3) is 5.88. The molecule has 0 saturated carbocycles. The van der Waals surface area contributed by atoms with Gasteiger partial charge >= 0.3 is 0 Å². The van der Waals surface area contributed by atoms with Crippen molar-refractivity contribution in [2.75, 3.05) is 34.9 Å². The monoisotopic (exact) mass is 118 g/mol. The molecule has 0 bridgehead atoms. The van der Waals surface area contributed by atoms with E-state index in [4.69, 9.17) is 4.84 Å². The van der Waals surface area contributed by atoms with Crippen LogP contribution >= 0.6 is 0 Å². The molecule has 0 spiro atoms. The van der Waals surface area contributed by atoms with E-state index in [-0.39, 0.29) is 0 Å². The van der Waals surface area contributed by atoms with Gasteiger partial charge in [-0.3, -0.25) is 9.74 Å². The molecule has 0 rings (SSSR count). The highest BCUT2D eigenvalue weighted by molar-refractivity contribution is 4.22. The summed E-state index contributed by atoms with van der Waals surface area (Å²) in [6, 6.07) is 0. The first-order chi connectivity index (χ1) is 3.63. The number of hydroxylamine groups is 2. The Balaban J connectivity index is 2.93. The maximum absolute atomic E-state index is 5.06. The lowest BCUT2D eigenvalue weighted by Crippen LogP contribution is -2.23. The van der Waals surface area contributed by atoms with Gasteiger partial charge in [0.1, 0.15) is 6.73 Å². The molecule has 0 atom stereocenters. The Morgan fingerprint density at radius 2 is 1.62 bits per heavy atom. The van der Waals surface area contributed by atoms with E-state index in [9.17, 15) is 0 Å². The first kappa shape index (κ1) is 7.88. The predicted molar refractivity (Wildman–Crippen MR) is 33.3 cm³/mol. The van der Waals surface area contributed by atoms with Crippen molar-refractivity contribution in [1.82, 2.24) is 9.96 Å². The summed E-state index contributed by atoms with van der Waals surface area (Å²) >= 11 is 0. The van der Waals surface area contributed by atoms with Crippen LogP contribution in [0.4, 0.5) is 0 Å². The molecule has 0 amide bonds. The molecular formula is C5H14N2O. The fraction of sp³-hybridized carbons (Fsp3) is 1.00. The number of nitrogens with zero attached hydrogens (tertiary/aromatic N) is 2. The molecule has 0 unspecified atom stereocenters. The summed E-state index contributed by atoms with van der Waals surface area (Å²) in [5.74, 6) is 0. The van der Waals surface area contributed by atoms with Gasteiger partial charge in [-0.05, 0) is 14.1 Å². The van der Waals surface area contributed by atoms with Crippen molar-refractivity contribution < 1.29 is 4.84 Å². The topological polar surface area (TPSA) is 15.7 Å². The summed E-state index contributed by atoms with van der Waals surface area (Å²) in [6.45, 7) is 0.646. The van der Waals surface area contributed by atoms with Crippen molar-refractivity contribution in [2.24, 2.45) is 0 Å². The summed E-state index contributed by atoms with van der Waals surface area (Å²) in [5, 5.41) is 1.68. The maximum atomic E-state index is 5.06.